The van der Waals surface area contributed by atoms with Crippen LogP contribution in [0.5, 0.6) is 0 Å². The molecule has 0 amide bonds. The lowest BCUT2D eigenvalue weighted by Gasteiger charge is -2.13. The summed E-state index contributed by atoms with van der Waals surface area (Å²) in [5, 5.41) is 5.65. The Kier molecular flexibility index (Phi) is 3.64. The lowest BCUT2D eigenvalue weighted by atomic mass is 10.1. The molecule has 98 valence electrons. The van der Waals surface area contributed by atoms with Crippen molar-refractivity contribution >= 4 is 32.9 Å². The van der Waals surface area contributed by atoms with E-state index in [0.29, 0.717) is 6.04 Å². The molecular formula is C15H16N2S2. The van der Waals surface area contributed by atoms with E-state index >= 15 is 0 Å². The second kappa shape index (κ2) is 5.41. The van der Waals surface area contributed by atoms with Gasteiger partial charge in [-0.2, -0.15) is 0 Å². The molecule has 3 heterocycles. The average molecular weight is 288 g/mol. The van der Waals surface area contributed by atoms with Crippen molar-refractivity contribution < 1.29 is 0 Å². The van der Waals surface area contributed by atoms with E-state index in [2.05, 4.69) is 53.8 Å². The molecule has 0 radical (unpaired) electrons. The zero-order chi connectivity index (χ0) is 13.2. The summed E-state index contributed by atoms with van der Waals surface area (Å²) in [5.74, 6) is 0. The first kappa shape index (κ1) is 12.8. The number of rotatable bonds is 4. The Morgan fingerprint density at radius 3 is 3.00 bits per heavy atom. The summed E-state index contributed by atoms with van der Waals surface area (Å²) >= 11 is 3.60. The molecule has 0 fully saturated rings. The summed E-state index contributed by atoms with van der Waals surface area (Å²) in [6.45, 7) is 5.26. The summed E-state index contributed by atoms with van der Waals surface area (Å²) in [7, 11) is 0. The number of fused-ring (bicyclic) bond motifs is 1. The highest BCUT2D eigenvalue weighted by molar-refractivity contribution is 7.17. The number of nitrogens with zero attached hydrogens (tertiary/aromatic N) is 1. The third-order valence-corrected chi connectivity index (χ3v) is 5.06. The fourth-order valence-electron chi connectivity index (χ4n) is 2.05. The van der Waals surface area contributed by atoms with Crippen LogP contribution in [0, 0.1) is 6.92 Å². The Balaban J connectivity index is 1.70. The highest BCUT2D eigenvalue weighted by Crippen LogP contribution is 2.23. The number of hydrogen-bond donors (Lipinski definition) is 1. The molecule has 3 aromatic rings. The molecule has 1 unspecified atom stereocenters. The summed E-state index contributed by atoms with van der Waals surface area (Å²) in [5.41, 5.74) is 2.35. The zero-order valence-corrected chi connectivity index (χ0v) is 12.6. The van der Waals surface area contributed by atoms with Gasteiger partial charge in [-0.25, -0.2) is 0 Å². The van der Waals surface area contributed by atoms with Gasteiger partial charge in [0.1, 0.15) is 0 Å². The van der Waals surface area contributed by atoms with Gasteiger partial charge in [-0.3, -0.25) is 4.98 Å². The number of pyridine rings is 1. The summed E-state index contributed by atoms with van der Waals surface area (Å²) < 4.78 is 1.26. The Morgan fingerprint density at radius 1 is 1.32 bits per heavy atom. The molecule has 19 heavy (non-hydrogen) atoms. The fraction of sp³-hybridized carbons (Fsp3) is 0.267. The molecule has 1 N–H and O–H groups in total. The predicted molar refractivity (Wildman–Crippen MR) is 83.9 cm³/mol. The van der Waals surface area contributed by atoms with Crippen LogP contribution in [0.3, 0.4) is 0 Å². The van der Waals surface area contributed by atoms with E-state index in [0.717, 1.165) is 12.1 Å². The standard InChI is InChI=1S/C15H16N2S2/c1-10-3-4-13(19-10)9-16-11(2)12-7-15-14(17-8-12)5-6-18-15/h3-8,11,16H,9H2,1-2H3. The van der Waals surface area contributed by atoms with Crippen molar-refractivity contribution in [3.05, 3.63) is 51.2 Å². The Labute approximate surface area is 121 Å². The van der Waals surface area contributed by atoms with Crippen molar-refractivity contribution in [3.8, 4) is 0 Å². The first-order valence-corrected chi connectivity index (χ1v) is 8.04. The van der Waals surface area contributed by atoms with Crippen molar-refractivity contribution in [2.75, 3.05) is 0 Å². The number of aromatic nitrogens is 1. The SMILES string of the molecule is Cc1ccc(CNC(C)c2cnc3ccsc3c2)s1. The maximum absolute atomic E-state index is 4.49. The molecule has 0 aliphatic heterocycles. The van der Waals surface area contributed by atoms with Crippen molar-refractivity contribution in [1.82, 2.24) is 10.3 Å². The first-order valence-electron chi connectivity index (χ1n) is 6.34. The van der Waals surface area contributed by atoms with Crippen LogP contribution >= 0.6 is 22.7 Å². The van der Waals surface area contributed by atoms with Gasteiger partial charge in [-0.1, -0.05) is 0 Å². The van der Waals surface area contributed by atoms with Crippen LogP contribution in [0.1, 0.15) is 28.3 Å². The van der Waals surface area contributed by atoms with Gasteiger partial charge in [0.15, 0.2) is 0 Å². The molecule has 0 aliphatic rings. The molecule has 0 saturated heterocycles. The van der Waals surface area contributed by atoms with Crippen LogP contribution in [0.2, 0.25) is 0 Å². The second-order valence-corrected chi connectivity index (χ2v) is 7.01. The van der Waals surface area contributed by atoms with Gasteiger partial charge in [0.2, 0.25) is 0 Å². The van der Waals surface area contributed by atoms with E-state index < -0.39 is 0 Å². The number of hydrogen-bond acceptors (Lipinski definition) is 4. The molecular weight excluding hydrogens is 272 g/mol. The minimum atomic E-state index is 0.321. The molecule has 3 aromatic heterocycles. The van der Waals surface area contributed by atoms with Crippen molar-refractivity contribution in [2.45, 2.75) is 26.4 Å². The van der Waals surface area contributed by atoms with Crippen LogP contribution in [0.4, 0.5) is 0 Å². The number of thiophene rings is 2. The van der Waals surface area contributed by atoms with Gasteiger partial charge >= 0.3 is 0 Å². The topological polar surface area (TPSA) is 24.9 Å². The minimum absolute atomic E-state index is 0.321. The van der Waals surface area contributed by atoms with Crippen LogP contribution < -0.4 is 5.32 Å². The fourth-order valence-corrected chi connectivity index (χ4v) is 3.68. The van der Waals surface area contributed by atoms with Crippen LogP contribution in [0.15, 0.2) is 35.8 Å². The van der Waals surface area contributed by atoms with E-state index in [-0.39, 0.29) is 0 Å². The maximum Gasteiger partial charge on any atom is 0.0809 e. The second-order valence-electron chi connectivity index (χ2n) is 4.69. The van der Waals surface area contributed by atoms with Crippen molar-refractivity contribution in [1.29, 1.82) is 0 Å². The van der Waals surface area contributed by atoms with E-state index in [1.54, 1.807) is 11.3 Å². The molecule has 4 heteroatoms. The van der Waals surface area contributed by atoms with Gasteiger partial charge in [-0.05, 0) is 49.1 Å². The largest absolute Gasteiger partial charge is 0.305 e. The molecule has 1 atom stereocenters. The number of nitrogens with one attached hydrogen (secondary N) is 1. The quantitative estimate of drug-likeness (QED) is 0.763. The van der Waals surface area contributed by atoms with E-state index in [1.165, 1.54) is 20.0 Å². The normalized spacial score (nSPS) is 12.9. The summed E-state index contributed by atoms with van der Waals surface area (Å²) in [4.78, 5) is 7.24. The van der Waals surface area contributed by atoms with Crippen molar-refractivity contribution in [2.24, 2.45) is 0 Å². The van der Waals surface area contributed by atoms with Crippen LogP contribution in [0.25, 0.3) is 10.2 Å². The predicted octanol–water partition coefficient (Wildman–Crippen LogP) is 4.52. The van der Waals surface area contributed by atoms with Gasteiger partial charge in [0.25, 0.3) is 0 Å². The van der Waals surface area contributed by atoms with E-state index in [4.69, 9.17) is 0 Å². The van der Waals surface area contributed by atoms with Gasteiger partial charge in [0, 0.05) is 28.5 Å². The Hall–Kier alpha value is -1.23. The summed E-state index contributed by atoms with van der Waals surface area (Å²) in [6.07, 6.45) is 1.98. The average Bonchev–Trinajstić information content (AvgIpc) is 3.03. The molecule has 3 rings (SSSR count). The van der Waals surface area contributed by atoms with Gasteiger partial charge in [-0.15, -0.1) is 22.7 Å². The zero-order valence-electron chi connectivity index (χ0n) is 11.0. The van der Waals surface area contributed by atoms with E-state index in [1.807, 2.05) is 17.5 Å². The molecule has 0 bridgehead atoms. The van der Waals surface area contributed by atoms with Crippen molar-refractivity contribution in [3.63, 3.8) is 0 Å². The minimum Gasteiger partial charge on any atom is -0.305 e. The van der Waals surface area contributed by atoms with Crippen LogP contribution in [-0.4, -0.2) is 4.98 Å². The third-order valence-electron chi connectivity index (χ3n) is 3.20. The van der Waals surface area contributed by atoms with Gasteiger partial charge in [0.05, 0.1) is 10.2 Å². The molecule has 0 aromatic carbocycles. The van der Waals surface area contributed by atoms with Gasteiger partial charge < -0.3 is 5.32 Å². The Bertz CT molecular complexity index is 684. The molecule has 2 nitrogen and oxygen atoms in total. The van der Waals surface area contributed by atoms with E-state index in [9.17, 15) is 0 Å². The highest BCUT2D eigenvalue weighted by Gasteiger charge is 2.07. The monoisotopic (exact) mass is 288 g/mol. The maximum atomic E-state index is 4.49. The third kappa shape index (κ3) is 2.86. The lowest BCUT2D eigenvalue weighted by molar-refractivity contribution is 0.578. The molecule has 0 spiro atoms. The highest BCUT2D eigenvalue weighted by atomic mass is 32.1. The smallest absolute Gasteiger partial charge is 0.0809 e. The van der Waals surface area contributed by atoms with Crippen LogP contribution in [-0.2, 0) is 6.54 Å². The Morgan fingerprint density at radius 2 is 2.21 bits per heavy atom. The molecule has 0 saturated carbocycles. The summed E-state index contributed by atoms with van der Waals surface area (Å²) in [6, 6.07) is 8.99. The molecule has 0 aliphatic carbocycles. The number of aryl methyl sites for hydroxylation is 1. The first-order chi connectivity index (χ1) is 9.22. The lowest BCUT2D eigenvalue weighted by Crippen LogP contribution is -2.17.